The molecule has 1 aliphatic heterocycles. The second kappa shape index (κ2) is 5.83. The number of fused-ring (bicyclic) bond motifs is 1. The summed E-state index contributed by atoms with van der Waals surface area (Å²) in [6, 6.07) is 7.54. The average Bonchev–Trinajstić information content (AvgIpc) is 2.96. The maximum absolute atomic E-state index is 12.8. The third-order valence-corrected chi connectivity index (χ3v) is 4.13. The molecule has 1 aliphatic rings. The minimum Gasteiger partial charge on any atom is -0.489 e. The number of hydrogen-bond acceptors (Lipinski definition) is 5. The van der Waals surface area contributed by atoms with Gasteiger partial charge in [-0.3, -0.25) is 9.69 Å². The zero-order chi connectivity index (χ0) is 14.8. The van der Waals surface area contributed by atoms with E-state index in [1.165, 1.54) is 11.3 Å². The van der Waals surface area contributed by atoms with Gasteiger partial charge in [0.1, 0.15) is 23.1 Å². The topological polar surface area (TPSA) is 51.7 Å². The molecule has 1 atom stereocenters. The van der Waals surface area contributed by atoms with Crippen LogP contribution in [0, 0.1) is 0 Å². The van der Waals surface area contributed by atoms with Gasteiger partial charge in [-0.05, 0) is 19.1 Å². The summed E-state index contributed by atoms with van der Waals surface area (Å²) >= 11 is 1.43. The van der Waals surface area contributed by atoms with Gasteiger partial charge in [0.15, 0.2) is 0 Å². The van der Waals surface area contributed by atoms with E-state index in [0.717, 1.165) is 16.4 Å². The van der Waals surface area contributed by atoms with Crippen molar-refractivity contribution in [3.8, 4) is 5.75 Å². The summed E-state index contributed by atoms with van der Waals surface area (Å²) in [6.45, 7) is 2.88. The summed E-state index contributed by atoms with van der Waals surface area (Å²) in [5, 5.41) is 2.58. The van der Waals surface area contributed by atoms with Crippen LogP contribution in [0.5, 0.6) is 5.75 Å². The van der Waals surface area contributed by atoms with Crippen molar-refractivity contribution in [1.29, 1.82) is 0 Å². The van der Waals surface area contributed by atoms with Crippen LogP contribution >= 0.6 is 11.3 Å². The molecule has 0 N–H and O–H groups in total. The van der Waals surface area contributed by atoms with E-state index in [1.807, 2.05) is 31.2 Å². The highest BCUT2D eigenvalue weighted by Crippen LogP contribution is 2.34. The Hall–Kier alpha value is -1.92. The zero-order valence-electron chi connectivity index (χ0n) is 11.9. The molecule has 5 nitrogen and oxygen atoms in total. The molecule has 0 saturated carbocycles. The number of amides is 1. The van der Waals surface area contributed by atoms with Crippen LogP contribution in [0.2, 0.25) is 0 Å². The summed E-state index contributed by atoms with van der Waals surface area (Å²) in [6.07, 6.45) is 0. The molecule has 0 aliphatic carbocycles. The first-order valence-corrected chi connectivity index (χ1v) is 7.57. The van der Waals surface area contributed by atoms with E-state index >= 15 is 0 Å². The number of thiazole rings is 1. The predicted octanol–water partition coefficient (Wildman–Crippen LogP) is 2.72. The van der Waals surface area contributed by atoms with Crippen molar-refractivity contribution in [2.75, 3.05) is 18.6 Å². The fraction of sp³-hybridized carbons (Fsp3) is 0.333. The highest BCUT2D eigenvalue weighted by atomic mass is 32.1. The van der Waals surface area contributed by atoms with Crippen molar-refractivity contribution in [3.05, 3.63) is 40.3 Å². The molecule has 0 unspecified atom stereocenters. The Morgan fingerprint density at radius 3 is 3.14 bits per heavy atom. The molecule has 0 fully saturated rings. The molecular formula is C15H16N2O3S. The van der Waals surface area contributed by atoms with Crippen molar-refractivity contribution in [3.63, 3.8) is 0 Å². The van der Waals surface area contributed by atoms with Crippen LogP contribution in [0.4, 0.5) is 5.69 Å². The molecule has 1 aromatic heterocycles. The van der Waals surface area contributed by atoms with E-state index in [0.29, 0.717) is 18.9 Å². The molecule has 0 radical (unpaired) electrons. The highest BCUT2D eigenvalue weighted by Gasteiger charge is 2.31. The number of rotatable bonds is 3. The Morgan fingerprint density at radius 2 is 2.33 bits per heavy atom. The molecule has 21 heavy (non-hydrogen) atoms. The summed E-state index contributed by atoms with van der Waals surface area (Å²) < 4.78 is 10.7. The fourth-order valence-corrected chi connectivity index (χ4v) is 3.07. The summed E-state index contributed by atoms with van der Waals surface area (Å²) in [7, 11) is 1.61. The second-order valence-corrected chi connectivity index (χ2v) is 5.81. The molecule has 2 aromatic rings. The first-order valence-electron chi connectivity index (χ1n) is 6.69. The minimum absolute atomic E-state index is 0.0278. The van der Waals surface area contributed by atoms with E-state index < -0.39 is 0 Å². The van der Waals surface area contributed by atoms with Gasteiger partial charge in [0.2, 0.25) is 0 Å². The Balaban J connectivity index is 1.92. The minimum atomic E-state index is -0.100. The van der Waals surface area contributed by atoms with Crippen LogP contribution < -0.4 is 9.64 Å². The Bertz CT molecular complexity index is 656. The van der Waals surface area contributed by atoms with Gasteiger partial charge in [-0.2, -0.15) is 0 Å². The van der Waals surface area contributed by atoms with Crippen molar-refractivity contribution >= 4 is 22.9 Å². The number of benzene rings is 1. The van der Waals surface area contributed by atoms with Crippen LogP contribution in [0.1, 0.15) is 22.4 Å². The van der Waals surface area contributed by atoms with Gasteiger partial charge in [-0.25, -0.2) is 4.98 Å². The van der Waals surface area contributed by atoms with Gasteiger partial charge in [0.05, 0.1) is 18.3 Å². The number of aromatic nitrogens is 1. The molecule has 2 heterocycles. The van der Waals surface area contributed by atoms with Crippen LogP contribution in [0.25, 0.3) is 0 Å². The number of hydrogen-bond donors (Lipinski definition) is 0. The van der Waals surface area contributed by atoms with Crippen LogP contribution in [-0.4, -0.2) is 30.6 Å². The first-order chi connectivity index (χ1) is 10.2. The SMILES string of the molecule is COCc1nc(C(=O)N2c3ccccc3OC[C@H]2C)cs1. The van der Waals surface area contributed by atoms with Gasteiger partial charge in [0, 0.05) is 12.5 Å². The molecular weight excluding hydrogens is 288 g/mol. The zero-order valence-corrected chi connectivity index (χ0v) is 12.7. The molecule has 1 aromatic carbocycles. The maximum Gasteiger partial charge on any atom is 0.278 e. The third-order valence-electron chi connectivity index (χ3n) is 3.30. The Kier molecular flexibility index (Phi) is 3.90. The lowest BCUT2D eigenvalue weighted by atomic mass is 10.1. The summed E-state index contributed by atoms with van der Waals surface area (Å²) in [4.78, 5) is 18.9. The van der Waals surface area contributed by atoms with E-state index in [2.05, 4.69) is 4.98 Å². The smallest absolute Gasteiger partial charge is 0.278 e. The van der Waals surface area contributed by atoms with Crippen molar-refractivity contribution in [1.82, 2.24) is 4.98 Å². The average molecular weight is 304 g/mol. The molecule has 110 valence electrons. The van der Waals surface area contributed by atoms with Crippen molar-refractivity contribution in [2.45, 2.75) is 19.6 Å². The second-order valence-electron chi connectivity index (χ2n) is 4.86. The quantitative estimate of drug-likeness (QED) is 0.875. The van der Waals surface area contributed by atoms with Crippen LogP contribution in [0.3, 0.4) is 0 Å². The lowest BCUT2D eigenvalue weighted by molar-refractivity contribution is 0.0956. The molecule has 0 saturated heterocycles. The van der Waals surface area contributed by atoms with E-state index in [1.54, 1.807) is 17.4 Å². The number of ether oxygens (including phenoxy) is 2. The molecule has 0 bridgehead atoms. The summed E-state index contributed by atoms with van der Waals surface area (Å²) in [5.41, 5.74) is 1.25. The van der Waals surface area contributed by atoms with Gasteiger partial charge in [-0.1, -0.05) is 12.1 Å². The number of anilines is 1. The lowest BCUT2D eigenvalue weighted by Gasteiger charge is -2.34. The highest BCUT2D eigenvalue weighted by molar-refractivity contribution is 7.09. The lowest BCUT2D eigenvalue weighted by Crippen LogP contribution is -2.45. The van der Waals surface area contributed by atoms with Crippen molar-refractivity contribution in [2.24, 2.45) is 0 Å². The first kappa shape index (κ1) is 14.0. The predicted molar refractivity (Wildman–Crippen MR) is 81.0 cm³/mol. The third kappa shape index (κ3) is 2.64. The number of methoxy groups -OCH3 is 1. The van der Waals surface area contributed by atoms with E-state index in [9.17, 15) is 4.79 Å². The van der Waals surface area contributed by atoms with Crippen LogP contribution in [0.15, 0.2) is 29.6 Å². The van der Waals surface area contributed by atoms with Gasteiger partial charge < -0.3 is 9.47 Å². The van der Waals surface area contributed by atoms with Crippen LogP contribution in [-0.2, 0) is 11.3 Å². The van der Waals surface area contributed by atoms with Gasteiger partial charge >= 0.3 is 0 Å². The molecule has 1 amide bonds. The number of carbonyl (C=O) groups excluding carboxylic acids is 1. The normalized spacial score (nSPS) is 17.2. The number of carbonyl (C=O) groups is 1. The molecule has 6 heteroatoms. The largest absolute Gasteiger partial charge is 0.489 e. The Labute approximate surface area is 127 Å². The molecule has 0 spiro atoms. The monoisotopic (exact) mass is 304 g/mol. The van der Waals surface area contributed by atoms with Gasteiger partial charge in [-0.15, -0.1) is 11.3 Å². The van der Waals surface area contributed by atoms with E-state index in [4.69, 9.17) is 9.47 Å². The summed E-state index contributed by atoms with van der Waals surface area (Å²) in [5.74, 6) is 0.633. The van der Waals surface area contributed by atoms with E-state index in [-0.39, 0.29) is 11.9 Å². The van der Waals surface area contributed by atoms with Crippen molar-refractivity contribution < 1.29 is 14.3 Å². The van der Waals surface area contributed by atoms with Gasteiger partial charge in [0.25, 0.3) is 5.91 Å². The standard InChI is InChI=1S/C15H16N2O3S/c1-10-7-20-13-6-4-3-5-12(13)17(10)15(18)11-9-21-14(16-11)8-19-2/h3-6,9-10H,7-8H2,1-2H3/t10-/m1/s1. The molecule has 3 rings (SSSR count). The maximum atomic E-state index is 12.8. The Morgan fingerprint density at radius 1 is 1.52 bits per heavy atom. The number of para-hydroxylation sites is 2. The fourth-order valence-electron chi connectivity index (χ4n) is 2.33. The number of nitrogens with zero attached hydrogens (tertiary/aromatic N) is 2.